The topological polar surface area (TPSA) is 45.2 Å². The lowest BCUT2D eigenvalue weighted by Gasteiger charge is -2.39. The zero-order valence-corrected chi connectivity index (χ0v) is 18.2. The largest absolute Gasteiger partial charge is 0.486 e. The second-order valence-electron chi connectivity index (χ2n) is 8.81. The first kappa shape index (κ1) is 20.2. The summed E-state index contributed by atoms with van der Waals surface area (Å²) in [5, 5.41) is 0. The average Bonchev–Trinajstić information content (AvgIpc) is 3.20. The number of rotatable bonds is 5. The highest BCUT2D eigenvalue weighted by atomic mass is 16.6. The molecule has 0 radical (unpaired) electrons. The summed E-state index contributed by atoms with van der Waals surface area (Å²) in [7, 11) is 0. The van der Waals surface area contributed by atoms with Crippen LogP contribution in [-0.2, 0) is 0 Å². The summed E-state index contributed by atoms with van der Waals surface area (Å²) < 4.78 is 12.0. The fourth-order valence-electron chi connectivity index (χ4n) is 5.07. The molecule has 0 aliphatic carbocycles. The molecule has 6 heteroatoms. The van der Waals surface area contributed by atoms with Crippen LogP contribution in [0.1, 0.15) is 31.4 Å². The lowest BCUT2D eigenvalue weighted by Crippen LogP contribution is -2.52. The molecule has 1 unspecified atom stereocenters. The van der Waals surface area contributed by atoms with E-state index in [1.54, 1.807) is 0 Å². The number of carbonyl (C=O) groups is 1. The Morgan fingerprint density at radius 3 is 2.61 bits per heavy atom. The van der Waals surface area contributed by atoms with Gasteiger partial charge in [-0.2, -0.15) is 0 Å². The number of amides is 2. The Labute approximate surface area is 184 Å². The average molecular weight is 422 g/mol. The number of para-hydroxylation sites is 2. The first-order valence-electron chi connectivity index (χ1n) is 11.4. The van der Waals surface area contributed by atoms with Crippen LogP contribution in [0, 0.1) is 0 Å². The number of piperidine rings is 1. The lowest BCUT2D eigenvalue weighted by atomic mass is 10.0. The first-order valence-corrected chi connectivity index (χ1v) is 11.4. The van der Waals surface area contributed by atoms with Crippen molar-refractivity contribution in [1.82, 2.24) is 14.7 Å². The SMILES string of the molecule is CC(c1ccccc1)N1CCN([C@H]2CCCN(C[C@H]3COc4ccccc4O3)C2)C1=O. The fourth-order valence-corrected chi connectivity index (χ4v) is 5.07. The van der Waals surface area contributed by atoms with Crippen molar-refractivity contribution in [3.05, 3.63) is 60.2 Å². The molecule has 2 aromatic carbocycles. The van der Waals surface area contributed by atoms with Gasteiger partial charge in [-0.3, -0.25) is 4.90 Å². The van der Waals surface area contributed by atoms with Crippen molar-refractivity contribution in [3.63, 3.8) is 0 Å². The highest BCUT2D eigenvalue weighted by Crippen LogP contribution is 2.32. The Morgan fingerprint density at radius 1 is 1.00 bits per heavy atom. The van der Waals surface area contributed by atoms with Crippen LogP contribution in [0.5, 0.6) is 11.5 Å². The second-order valence-corrected chi connectivity index (χ2v) is 8.81. The number of hydrogen-bond acceptors (Lipinski definition) is 4. The van der Waals surface area contributed by atoms with E-state index in [-0.39, 0.29) is 24.2 Å². The van der Waals surface area contributed by atoms with E-state index in [1.165, 1.54) is 5.56 Å². The Balaban J connectivity index is 1.19. The maximum Gasteiger partial charge on any atom is 0.320 e. The van der Waals surface area contributed by atoms with Gasteiger partial charge >= 0.3 is 6.03 Å². The number of ether oxygens (including phenoxy) is 2. The van der Waals surface area contributed by atoms with E-state index in [0.29, 0.717) is 6.61 Å². The number of hydrogen-bond donors (Lipinski definition) is 0. The van der Waals surface area contributed by atoms with Gasteiger partial charge in [-0.1, -0.05) is 42.5 Å². The van der Waals surface area contributed by atoms with E-state index in [0.717, 1.165) is 57.1 Å². The van der Waals surface area contributed by atoms with Crippen molar-refractivity contribution in [2.24, 2.45) is 0 Å². The Morgan fingerprint density at radius 2 is 1.77 bits per heavy atom. The molecule has 0 aromatic heterocycles. The molecule has 3 heterocycles. The molecule has 0 N–H and O–H groups in total. The Bertz CT molecular complexity index is 906. The van der Waals surface area contributed by atoms with Crippen LogP contribution >= 0.6 is 0 Å². The number of fused-ring (bicyclic) bond motifs is 1. The molecule has 2 saturated heterocycles. The summed E-state index contributed by atoms with van der Waals surface area (Å²) in [6.45, 7) is 7.08. The maximum absolute atomic E-state index is 13.2. The number of urea groups is 1. The molecule has 3 atom stereocenters. The Kier molecular flexibility index (Phi) is 5.72. The zero-order chi connectivity index (χ0) is 21.2. The van der Waals surface area contributed by atoms with Crippen LogP contribution in [0.3, 0.4) is 0 Å². The highest BCUT2D eigenvalue weighted by molar-refractivity contribution is 5.77. The van der Waals surface area contributed by atoms with E-state index in [1.807, 2.05) is 47.4 Å². The van der Waals surface area contributed by atoms with E-state index in [4.69, 9.17) is 9.47 Å². The molecule has 3 aliphatic rings. The van der Waals surface area contributed by atoms with Gasteiger partial charge in [0.15, 0.2) is 11.5 Å². The van der Waals surface area contributed by atoms with Gasteiger partial charge in [0.2, 0.25) is 0 Å². The number of likely N-dealkylation sites (tertiary alicyclic amines) is 1. The second kappa shape index (κ2) is 8.79. The molecule has 164 valence electrons. The molecule has 2 amide bonds. The third-order valence-corrected chi connectivity index (χ3v) is 6.77. The summed E-state index contributed by atoms with van der Waals surface area (Å²) in [5.74, 6) is 1.65. The minimum Gasteiger partial charge on any atom is -0.486 e. The van der Waals surface area contributed by atoms with Gasteiger partial charge in [0.05, 0.1) is 6.04 Å². The number of nitrogens with zero attached hydrogens (tertiary/aromatic N) is 3. The standard InChI is InChI=1S/C25H31N3O3/c1-19(20-8-3-2-4-9-20)27-14-15-28(25(27)29)21-10-7-13-26(16-21)17-22-18-30-23-11-5-6-12-24(23)31-22/h2-6,8-9,11-12,19,21-22H,7,10,13-18H2,1H3/t19?,21-,22-/m0/s1. The molecule has 2 fully saturated rings. The van der Waals surface area contributed by atoms with E-state index in [9.17, 15) is 4.79 Å². The van der Waals surface area contributed by atoms with Crippen molar-refractivity contribution >= 4 is 6.03 Å². The van der Waals surface area contributed by atoms with Crippen molar-refractivity contribution in [2.75, 3.05) is 39.3 Å². The van der Waals surface area contributed by atoms with Crippen molar-refractivity contribution in [3.8, 4) is 11.5 Å². The molecule has 5 rings (SSSR count). The molecule has 0 saturated carbocycles. The number of carbonyl (C=O) groups excluding carboxylic acids is 1. The maximum atomic E-state index is 13.2. The predicted octanol–water partition coefficient (Wildman–Crippen LogP) is 3.79. The molecular weight excluding hydrogens is 390 g/mol. The Hall–Kier alpha value is -2.73. The molecule has 31 heavy (non-hydrogen) atoms. The van der Waals surface area contributed by atoms with Gasteiger partial charge in [-0.15, -0.1) is 0 Å². The molecule has 6 nitrogen and oxygen atoms in total. The summed E-state index contributed by atoms with van der Waals surface area (Å²) >= 11 is 0. The van der Waals surface area contributed by atoms with Gasteiger partial charge in [-0.05, 0) is 44.0 Å². The minimum absolute atomic E-state index is 0.0255. The third-order valence-electron chi connectivity index (χ3n) is 6.77. The van der Waals surface area contributed by atoms with E-state index >= 15 is 0 Å². The van der Waals surface area contributed by atoms with E-state index < -0.39 is 0 Å². The predicted molar refractivity (Wildman–Crippen MR) is 119 cm³/mol. The smallest absolute Gasteiger partial charge is 0.320 e. The fraction of sp³-hybridized carbons (Fsp3) is 0.480. The molecule has 3 aliphatic heterocycles. The van der Waals surface area contributed by atoms with Crippen LogP contribution < -0.4 is 9.47 Å². The third kappa shape index (κ3) is 4.22. The monoisotopic (exact) mass is 421 g/mol. The van der Waals surface area contributed by atoms with Gasteiger partial charge < -0.3 is 19.3 Å². The van der Waals surface area contributed by atoms with E-state index in [2.05, 4.69) is 28.9 Å². The van der Waals surface area contributed by atoms with Crippen LogP contribution in [0.4, 0.5) is 4.79 Å². The van der Waals surface area contributed by atoms with Crippen LogP contribution in [0.2, 0.25) is 0 Å². The molecular formula is C25H31N3O3. The van der Waals surface area contributed by atoms with Crippen LogP contribution in [0.25, 0.3) is 0 Å². The van der Waals surface area contributed by atoms with Gasteiger partial charge in [0, 0.05) is 32.2 Å². The number of benzene rings is 2. The minimum atomic E-state index is 0.0255. The van der Waals surface area contributed by atoms with Crippen molar-refractivity contribution in [2.45, 2.75) is 38.0 Å². The zero-order valence-electron chi connectivity index (χ0n) is 18.2. The van der Waals surface area contributed by atoms with Gasteiger partial charge in [-0.25, -0.2) is 4.79 Å². The normalized spacial score (nSPS) is 25.0. The van der Waals surface area contributed by atoms with Crippen molar-refractivity contribution < 1.29 is 14.3 Å². The highest BCUT2D eigenvalue weighted by Gasteiger charge is 2.38. The summed E-state index contributed by atoms with van der Waals surface area (Å²) in [6, 6.07) is 18.7. The van der Waals surface area contributed by atoms with Gasteiger partial charge in [0.1, 0.15) is 12.7 Å². The quantitative estimate of drug-likeness (QED) is 0.737. The molecule has 0 spiro atoms. The van der Waals surface area contributed by atoms with Crippen LogP contribution in [-0.4, -0.2) is 72.2 Å². The summed E-state index contributed by atoms with van der Waals surface area (Å²) in [5.41, 5.74) is 1.19. The summed E-state index contributed by atoms with van der Waals surface area (Å²) in [4.78, 5) is 19.8. The van der Waals surface area contributed by atoms with Crippen molar-refractivity contribution in [1.29, 1.82) is 0 Å². The first-order chi connectivity index (χ1) is 15.2. The molecule has 2 aromatic rings. The summed E-state index contributed by atoms with van der Waals surface area (Å²) in [6.07, 6.45) is 2.20. The molecule has 0 bridgehead atoms. The lowest BCUT2D eigenvalue weighted by molar-refractivity contribution is 0.0399. The van der Waals surface area contributed by atoms with Crippen LogP contribution in [0.15, 0.2) is 54.6 Å². The van der Waals surface area contributed by atoms with Gasteiger partial charge in [0.25, 0.3) is 0 Å².